The average Bonchev–Trinajstić information content (AvgIpc) is 2.28. The second-order valence-electron chi connectivity index (χ2n) is 4.43. The van der Waals surface area contributed by atoms with E-state index in [0.717, 1.165) is 38.8 Å². The minimum atomic E-state index is -3.09. The first-order valence-electron chi connectivity index (χ1n) is 6.76. The van der Waals surface area contributed by atoms with Crippen molar-refractivity contribution in [3.8, 4) is 0 Å². The van der Waals surface area contributed by atoms with Crippen molar-refractivity contribution in [2.75, 3.05) is 18.8 Å². The van der Waals surface area contributed by atoms with Gasteiger partial charge in [0.1, 0.15) is 0 Å². The molecule has 1 atom stereocenters. The van der Waals surface area contributed by atoms with Crippen molar-refractivity contribution in [2.45, 2.75) is 58.9 Å². The highest BCUT2D eigenvalue weighted by Gasteiger charge is 2.15. The predicted octanol–water partition coefficient (Wildman–Crippen LogP) is 1.87. The zero-order chi connectivity index (χ0) is 13.1. The molecular formula is C12H28N2O2S. The molecule has 4 nitrogen and oxygen atoms in total. The van der Waals surface area contributed by atoms with Crippen LogP contribution in [0.3, 0.4) is 0 Å². The van der Waals surface area contributed by atoms with Crippen LogP contribution in [0.4, 0.5) is 0 Å². The SMILES string of the molecule is CCCNCCCS(=O)(=O)NC(CC)CCC. The highest BCUT2D eigenvalue weighted by atomic mass is 32.2. The second-order valence-corrected chi connectivity index (χ2v) is 6.31. The van der Waals surface area contributed by atoms with Crippen LogP contribution in [0.1, 0.15) is 52.9 Å². The normalized spacial score (nSPS) is 13.8. The standard InChI is InChI=1S/C12H28N2O2S/c1-4-8-12(6-3)14-17(15,16)11-7-10-13-9-5-2/h12-14H,4-11H2,1-3H3. The molecule has 0 fully saturated rings. The highest BCUT2D eigenvalue weighted by Crippen LogP contribution is 2.03. The third-order valence-electron chi connectivity index (χ3n) is 2.67. The maximum atomic E-state index is 11.8. The molecule has 0 bridgehead atoms. The Balaban J connectivity index is 3.85. The van der Waals surface area contributed by atoms with Gasteiger partial charge in [0.25, 0.3) is 0 Å². The van der Waals surface area contributed by atoms with Gasteiger partial charge >= 0.3 is 0 Å². The first-order valence-corrected chi connectivity index (χ1v) is 8.41. The maximum Gasteiger partial charge on any atom is 0.211 e. The Morgan fingerprint density at radius 2 is 1.76 bits per heavy atom. The number of rotatable bonds is 11. The molecule has 0 saturated heterocycles. The van der Waals surface area contributed by atoms with Crippen LogP contribution in [-0.2, 0) is 10.0 Å². The fraction of sp³-hybridized carbons (Fsp3) is 1.00. The molecule has 0 aromatic rings. The lowest BCUT2D eigenvalue weighted by atomic mass is 10.1. The Kier molecular flexibility index (Phi) is 9.78. The molecule has 0 aliphatic rings. The maximum absolute atomic E-state index is 11.8. The molecule has 0 radical (unpaired) electrons. The van der Waals surface area contributed by atoms with Crippen LogP contribution in [-0.4, -0.2) is 33.3 Å². The molecular weight excluding hydrogens is 236 g/mol. The Labute approximate surface area is 107 Å². The summed E-state index contributed by atoms with van der Waals surface area (Å²) in [5.41, 5.74) is 0. The minimum Gasteiger partial charge on any atom is -0.317 e. The molecule has 0 amide bonds. The van der Waals surface area contributed by atoms with Crippen LogP contribution in [0.2, 0.25) is 0 Å². The minimum absolute atomic E-state index is 0.105. The number of nitrogens with one attached hydrogen (secondary N) is 2. The van der Waals surface area contributed by atoms with Gasteiger partial charge in [-0.2, -0.15) is 0 Å². The molecule has 0 aromatic heterocycles. The van der Waals surface area contributed by atoms with Crippen molar-refractivity contribution in [3.63, 3.8) is 0 Å². The molecule has 0 heterocycles. The van der Waals surface area contributed by atoms with Gasteiger partial charge in [0.05, 0.1) is 5.75 Å². The summed E-state index contributed by atoms with van der Waals surface area (Å²) >= 11 is 0. The van der Waals surface area contributed by atoms with E-state index in [1.165, 1.54) is 0 Å². The van der Waals surface area contributed by atoms with Crippen LogP contribution < -0.4 is 10.0 Å². The van der Waals surface area contributed by atoms with Gasteiger partial charge in [-0.25, -0.2) is 13.1 Å². The number of sulfonamides is 1. The van der Waals surface area contributed by atoms with Crippen LogP contribution >= 0.6 is 0 Å². The molecule has 17 heavy (non-hydrogen) atoms. The molecule has 1 unspecified atom stereocenters. The Hall–Kier alpha value is -0.130. The van der Waals surface area contributed by atoms with Gasteiger partial charge in [0.15, 0.2) is 0 Å². The topological polar surface area (TPSA) is 58.2 Å². The molecule has 0 rings (SSSR count). The van der Waals surface area contributed by atoms with Gasteiger partial charge in [-0.1, -0.05) is 27.2 Å². The van der Waals surface area contributed by atoms with E-state index in [9.17, 15) is 8.42 Å². The van der Waals surface area contributed by atoms with Gasteiger partial charge in [-0.15, -0.1) is 0 Å². The predicted molar refractivity (Wildman–Crippen MR) is 73.7 cm³/mol. The fourth-order valence-electron chi connectivity index (χ4n) is 1.70. The van der Waals surface area contributed by atoms with E-state index in [4.69, 9.17) is 0 Å². The lowest BCUT2D eigenvalue weighted by Crippen LogP contribution is -2.36. The van der Waals surface area contributed by atoms with Crippen molar-refractivity contribution in [1.29, 1.82) is 0 Å². The van der Waals surface area contributed by atoms with E-state index in [-0.39, 0.29) is 11.8 Å². The van der Waals surface area contributed by atoms with Crippen LogP contribution in [0.5, 0.6) is 0 Å². The van der Waals surface area contributed by atoms with Gasteiger partial charge in [0, 0.05) is 6.04 Å². The van der Waals surface area contributed by atoms with E-state index in [1.54, 1.807) is 0 Å². The lowest BCUT2D eigenvalue weighted by Gasteiger charge is -2.16. The third-order valence-corrected chi connectivity index (χ3v) is 4.19. The van der Waals surface area contributed by atoms with E-state index in [0.29, 0.717) is 6.42 Å². The van der Waals surface area contributed by atoms with E-state index >= 15 is 0 Å². The van der Waals surface area contributed by atoms with Crippen LogP contribution in [0, 0.1) is 0 Å². The summed E-state index contributed by atoms with van der Waals surface area (Å²) in [7, 11) is -3.09. The van der Waals surface area contributed by atoms with E-state index in [1.807, 2.05) is 6.92 Å². The highest BCUT2D eigenvalue weighted by molar-refractivity contribution is 7.89. The van der Waals surface area contributed by atoms with Crippen molar-refractivity contribution >= 4 is 10.0 Å². The summed E-state index contributed by atoms with van der Waals surface area (Å²) in [4.78, 5) is 0. The largest absolute Gasteiger partial charge is 0.317 e. The summed E-state index contributed by atoms with van der Waals surface area (Å²) < 4.78 is 26.3. The smallest absolute Gasteiger partial charge is 0.211 e. The molecule has 5 heteroatoms. The zero-order valence-corrected chi connectivity index (χ0v) is 12.3. The first-order chi connectivity index (χ1) is 8.05. The first kappa shape index (κ1) is 16.9. The van der Waals surface area contributed by atoms with Gasteiger partial charge < -0.3 is 5.32 Å². The second kappa shape index (κ2) is 9.85. The van der Waals surface area contributed by atoms with Crippen molar-refractivity contribution in [1.82, 2.24) is 10.0 Å². The molecule has 0 aliphatic heterocycles. The van der Waals surface area contributed by atoms with Gasteiger partial charge in [-0.05, 0) is 38.8 Å². The molecule has 0 saturated carbocycles. The summed E-state index contributed by atoms with van der Waals surface area (Å²) in [6, 6.07) is 0.105. The number of hydrogen-bond donors (Lipinski definition) is 2. The Morgan fingerprint density at radius 1 is 1.06 bits per heavy atom. The number of hydrogen-bond acceptors (Lipinski definition) is 3. The molecule has 2 N–H and O–H groups in total. The Bertz CT molecular complexity index is 266. The van der Waals surface area contributed by atoms with Crippen molar-refractivity contribution < 1.29 is 8.42 Å². The van der Waals surface area contributed by atoms with Crippen LogP contribution in [0.25, 0.3) is 0 Å². The monoisotopic (exact) mass is 264 g/mol. The summed E-state index contributed by atoms with van der Waals surface area (Å²) in [6.45, 7) is 7.93. The van der Waals surface area contributed by atoms with Crippen molar-refractivity contribution in [2.24, 2.45) is 0 Å². The lowest BCUT2D eigenvalue weighted by molar-refractivity contribution is 0.510. The zero-order valence-electron chi connectivity index (χ0n) is 11.5. The fourth-order valence-corrected chi connectivity index (χ4v) is 3.13. The van der Waals surface area contributed by atoms with E-state index < -0.39 is 10.0 Å². The quantitative estimate of drug-likeness (QED) is 0.560. The molecule has 0 spiro atoms. The summed E-state index contributed by atoms with van der Waals surface area (Å²) in [5.74, 6) is 0.226. The molecule has 0 aliphatic carbocycles. The average molecular weight is 264 g/mol. The third kappa shape index (κ3) is 9.56. The van der Waals surface area contributed by atoms with Crippen LogP contribution in [0.15, 0.2) is 0 Å². The van der Waals surface area contributed by atoms with Crippen molar-refractivity contribution in [3.05, 3.63) is 0 Å². The summed E-state index contributed by atoms with van der Waals surface area (Å²) in [6.07, 6.45) is 4.56. The molecule has 0 aromatic carbocycles. The molecule has 104 valence electrons. The van der Waals surface area contributed by atoms with E-state index in [2.05, 4.69) is 23.9 Å². The Morgan fingerprint density at radius 3 is 2.29 bits per heavy atom. The van der Waals surface area contributed by atoms with Gasteiger partial charge in [-0.3, -0.25) is 0 Å². The summed E-state index contributed by atoms with van der Waals surface area (Å²) in [5, 5.41) is 3.21. The van der Waals surface area contributed by atoms with Gasteiger partial charge in [0.2, 0.25) is 10.0 Å².